The van der Waals surface area contributed by atoms with Gasteiger partial charge in [-0.1, -0.05) is 29.8 Å². The highest BCUT2D eigenvalue weighted by molar-refractivity contribution is 8.01. The molecule has 1 aromatic carbocycles. The lowest BCUT2D eigenvalue weighted by Crippen LogP contribution is -2.58. The number of carbonyl (C=O) groups excluding carboxylic acids is 2. The Balaban J connectivity index is 1.45. The third kappa shape index (κ3) is 4.60. The molecule has 2 aliphatic rings. The van der Waals surface area contributed by atoms with Crippen LogP contribution in [0, 0.1) is 0 Å². The minimum Gasteiger partial charge on any atom is -0.474 e. The SMILES string of the molecule is O=C1CC(c2ccsc2)(c2cccc(OC3CCC(O)C3)n2)NC(=O)C1Sc1ccccc1Cl. The summed E-state index contributed by atoms with van der Waals surface area (Å²) in [6, 6.07) is 14.5. The average Bonchev–Trinajstić information content (AvgIpc) is 3.50. The second-order valence-corrected chi connectivity index (χ2v) is 10.9. The summed E-state index contributed by atoms with van der Waals surface area (Å²) >= 11 is 8.92. The first kappa shape index (κ1) is 23.4. The number of hydrogen-bond acceptors (Lipinski definition) is 7. The number of pyridine rings is 1. The Hall–Kier alpha value is -2.39. The molecule has 2 N–H and O–H groups in total. The van der Waals surface area contributed by atoms with Crippen molar-refractivity contribution in [2.24, 2.45) is 0 Å². The number of ketones is 1. The van der Waals surface area contributed by atoms with E-state index in [2.05, 4.69) is 5.32 Å². The zero-order valence-corrected chi connectivity index (χ0v) is 20.5. The van der Waals surface area contributed by atoms with Crippen molar-refractivity contribution in [3.05, 3.63) is 75.6 Å². The highest BCUT2D eigenvalue weighted by atomic mass is 35.5. The van der Waals surface area contributed by atoms with E-state index in [-0.39, 0.29) is 30.3 Å². The van der Waals surface area contributed by atoms with E-state index in [1.54, 1.807) is 18.2 Å². The van der Waals surface area contributed by atoms with Gasteiger partial charge in [0.25, 0.3) is 0 Å². The van der Waals surface area contributed by atoms with Gasteiger partial charge in [-0.15, -0.1) is 11.8 Å². The maximum Gasteiger partial charge on any atom is 0.242 e. The molecule has 5 rings (SSSR count). The van der Waals surface area contributed by atoms with Gasteiger partial charge < -0.3 is 15.2 Å². The zero-order valence-electron chi connectivity index (χ0n) is 18.1. The van der Waals surface area contributed by atoms with Crippen LogP contribution in [-0.4, -0.2) is 39.2 Å². The van der Waals surface area contributed by atoms with E-state index >= 15 is 0 Å². The highest BCUT2D eigenvalue weighted by Gasteiger charge is 2.48. The minimum atomic E-state index is -1.08. The van der Waals surface area contributed by atoms with Gasteiger partial charge in [0.2, 0.25) is 11.8 Å². The van der Waals surface area contributed by atoms with Crippen molar-refractivity contribution in [3.8, 4) is 5.88 Å². The molecule has 1 aliphatic heterocycles. The fourth-order valence-electron chi connectivity index (χ4n) is 4.50. The Morgan fingerprint density at radius 2 is 2.00 bits per heavy atom. The third-order valence-electron chi connectivity index (χ3n) is 6.21. The molecule has 34 heavy (non-hydrogen) atoms. The minimum absolute atomic E-state index is 0.0657. The summed E-state index contributed by atoms with van der Waals surface area (Å²) in [5.74, 6) is -0.146. The Kier molecular flexibility index (Phi) is 6.66. The maximum atomic E-state index is 13.4. The molecule has 9 heteroatoms. The van der Waals surface area contributed by atoms with Gasteiger partial charge in [-0.05, 0) is 53.4 Å². The van der Waals surface area contributed by atoms with Crippen LogP contribution in [0.2, 0.25) is 5.02 Å². The van der Waals surface area contributed by atoms with E-state index in [1.807, 2.05) is 41.1 Å². The number of ether oxygens (including phenoxy) is 1. The van der Waals surface area contributed by atoms with Crippen molar-refractivity contribution in [2.45, 2.75) is 53.6 Å². The smallest absolute Gasteiger partial charge is 0.242 e. The van der Waals surface area contributed by atoms with Crippen molar-refractivity contribution >= 4 is 46.4 Å². The Bertz CT molecular complexity index is 1190. The number of carbonyl (C=O) groups is 2. The second-order valence-electron chi connectivity index (χ2n) is 8.55. The number of nitrogens with zero attached hydrogens (tertiary/aromatic N) is 1. The van der Waals surface area contributed by atoms with Gasteiger partial charge in [0.15, 0.2) is 5.78 Å². The number of piperidine rings is 1. The van der Waals surface area contributed by atoms with E-state index in [9.17, 15) is 14.7 Å². The Labute approximate surface area is 210 Å². The number of nitrogens with one attached hydrogen (secondary N) is 1. The fourth-order valence-corrected chi connectivity index (χ4v) is 6.48. The number of aromatic nitrogens is 1. The molecule has 1 saturated carbocycles. The molecule has 0 radical (unpaired) electrons. The third-order valence-corrected chi connectivity index (χ3v) is 8.65. The average molecular weight is 515 g/mol. The molecule has 2 fully saturated rings. The molecule has 1 amide bonds. The second kappa shape index (κ2) is 9.70. The van der Waals surface area contributed by atoms with E-state index < -0.39 is 10.8 Å². The zero-order chi connectivity index (χ0) is 23.7. The predicted molar refractivity (Wildman–Crippen MR) is 132 cm³/mol. The lowest BCUT2D eigenvalue weighted by atomic mass is 9.79. The number of amides is 1. The van der Waals surface area contributed by atoms with E-state index in [0.717, 1.165) is 12.0 Å². The molecule has 0 bridgehead atoms. The van der Waals surface area contributed by atoms with Crippen LogP contribution in [-0.2, 0) is 15.1 Å². The highest BCUT2D eigenvalue weighted by Crippen LogP contribution is 2.41. The molecule has 2 aromatic heterocycles. The van der Waals surface area contributed by atoms with E-state index in [0.29, 0.717) is 34.3 Å². The fraction of sp³-hybridized carbons (Fsp3) is 0.320. The van der Waals surface area contributed by atoms with Crippen LogP contribution in [0.4, 0.5) is 0 Å². The molecule has 176 valence electrons. The molecular weight excluding hydrogens is 492 g/mol. The number of rotatable bonds is 6. The Morgan fingerprint density at radius 1 is 1.15 bits per heavy atom. The molecule has 1 saturated heterocycles. The molecule has 3 heterocycles. The summed E-state index contributed by atoms with van der Waals surface area (Å²) in [4.78, 5) is 32.1. The first-order valence-electron chi connectivity index (χ1n) is 11.1. The van der Waals surface area contributed by atoms with Gasteiger partial charge in [0, 0.05) is 23.8 Å². The molecule has 0 spiro atoms. The van der Waals surface area contributed by atoms with Crippen LogP contribution in [0.15, 0.2) is 64.2 Å². The number of hydrogen-bond donors (Lipinski definition) is 2. The lowest BCUT2D eigenvalue weighted by Gasteiger charge is -2.39. The van der Waals surface area contributed by atoms with Crippen LogP contribution in [0.1, 0.15) is 36.9 Å². The first-order valence-corrected chi connectivity index (χ1v) is 13.3. The predicted octanol–water partition coefficient (Wildman–Crippen LogP) is 4.58. The summed E-state index contributed by atoms with van der Waals surface area (Å²) < 4.78 is 6.02. The summed E-state index contributed by atoms with van der Waals surface area (Å²) in [7, 11) is 0. The summed E-state index contributed by atoms with van der Waals surface area (Å²) in [5, 5.41) is 16.4. The van der Waals surface area contributed by atoms with Crippen LogP contribution in [0.5, 0.6) is 5.88 Å². The van der Waals surface area contributed by atoms with Gasteiger partial charge in [-0.2, -0.15) is 11.3 Å². The summed E-state index contributed by atoms with van der Waals surface area (Å²) in [6.45, 7) is 0. The molecule has 3 aromatic rings. The van der Waals surface area contributed by atoms with E-state index in [1.165, 1.54) is 23.1 Å². The van der Waals surface area contributed by atoms with E-state index in [4.69, 9.17) is 21.3 Å². The van der Waals surface area contributed by atoms with Crippen molar-refractivity contribution in [1.29, 1.82) is 0 Å². The molecule has 1 aliphatic carbocycles. The standard InChI is InChI=1S/C25H23ClN2O4S2/c26-18-4-1-2-5-20(18)34-23-19(30)13-25(28-24(23)31,15-10-11-33-14-15)21-6-3-7-22(27-21)32-17-9-8-16(29)12-17/h1-7,10-11,14,16-17,23,29H,8-9,12-13H2,(H,28,31). The summed E-state index contributed by atoms with van der Waals surface area (Å²) in [6.07, 6.45) is 1.65. The number of halogens is 1. The largest absolute Gasteiger partial charge is 0.474 e. The van der Waals surface area contributed by atoms with Gasteiger partial charge >= 0.3 is 0 Å². The molecule has 4 atom stereocenters. The number of benzene rings is 1. The number of aliphatic hydroxyl groups is 1. The molecular formula is C25H23ClN2O4S2. The van der Waals surface area contributed by atoms with Crippen LogP contribution in [0.25, 0.3) is 0 Å². The van der Waals surface area contributed by atoms with Crippen LogP contribution < -0.4 is 10.1 Å². The Morgan fingerprint density at radius 3 is 2.71 bits per heavy atom. The van der Waals surface area contributed by atoms with Crippen LogP contribution >= 0.6 is 34.7 Å². The van der Waals surface area contributed by atoms with Gasteiger partial charge in [0.1, 0.15) is 16.9 Å². The molecule has 4 unspecified atom stereocenters. The van der Waals surface area contributed by atoms with Crippen molar-refractivity contribution < 1.29 is 19.4 Å². The van der Waals surface area contributed by atoms with Gasteiger partial charge in [0.05, 0.1) is 16.8 Å². The number of aliphatic hydroxyl groups excluding tert-OH is 1. The topological polar surface area (TPSA) is 88.5 Å². The van der Waals surface area contributed by atoms with Gasteiger partial charge in [-0.25, -0.2) is 4.98 Å². The molecule has 6 nitrogen and oxygen atoms in total. The lowest BCUT2D eigenvalue weighted by molar-refractivity contribution is -0.133. The number of Topliss-reactive ketones (excluding diaryl/α,β-unsaturated/α-hetero) is 1. The van der Waals surface area contributed by atoms with Crippen molar-refractivity contribution in [3.63, 3.8) is 0 Å². The monoisotopic (exact) mass is 514 g/mol. The van der Waals surface area contributed by atoms with Crippen molar-refractivity contribution in [1.82, 2.24) is 10.3 Å². The number of thioether (sulfide) groups is 1. The van der Waals surface area contributed by atoms with Gasteiger partial charge in [-0.3, -0.25) is 9.59 Å². The maximum absolute atomic E-state index is 13.4. The summed E-state index contributed by atoms with van der Waals surface area (Å²) in [5.41, 5.74) is 0.270. The van der Waals surface area contributed by atoms with Crippen molar-refractivity contribution in [2.75, 3.05) is 0 Å². The quantitative estimate of drug-likeness (QED) is 0.468. The normalized spacial score (nSPS) is 26.9. The first-order chi connectivity index (χ1) is 16.4. The van der Waals surface area contributed by atoms with Crippen LogP contribution in [0.3, 0.4) is 0 Å². The number of thiophene rings is 1.